The SMILES string of the molecule is NCC1CCCCCC1CC1CSc2ccccc21. The molecule has 19 heavy (non-hydrogen) atoms. The molecule has 104 valence electrons. The van der Waals surface area contributed by atoms with E-state index in [1.807, 2.05) is 11.8 Å². The lowest BCUT2D eigenvalue weighted by atomic mass is 9.80. The van der Waals surface area contributed by atoms with Crippen LogP contribution in [0.15, 0.2) is 29.2 Å². The van der Waals surface area contributed by atoms with Crippen LogP contribution in [0, 0.1) is 11.8 Å². The van der Waals surface area contributed by atoms with Gasteiger partial charge in [0, 0.05) is 10.6 Å². The lowest BCUT2D eigenvalue weighted by Crippen LogP contribution is -2.24. The summed E-state index contributed by atoms with van der Waals surface area (Å²) in [5.74, 6) is 3.70. The Balaban J connectivity index is 1.70. The van der Waals surface area contributed by atoms with Gasteiger partial charge in [0.15, 0.2) is 0 Å². The first-order valence-corrected chi connectivity index (χ1v) is 8.79. The van der Waals surface area contributed by atoms with Crippen LogP contribution in [-0.4, -0.2) is 12.3 Å². The topological polar surface area (TPSA) is 26.0 Å². The molecule has 0 bridgehead atoms. The van der Waals surface area contributed by atoms with Crippen molar-refractivity contribution in [3.63, 3.8) is 0 Å². The monoisotopic (exact) mass is 275 g/mol. The molecule has 3 rings (SSSR count). The summed E-state index contributed by atoms with van der Waals surface area (Å²) in [4.78, 5) is 1.52. The lowest BCUT2D eigenvalue weighted by molar-refractivity contribution is 0.288. The first-order chi connectivity index (χ1) is 9.38. The summed E-state index contributed by atoms with van der Waals surface area (Å²) in [6.45, 7) is 0.895. The van der Waals surface area contributed by atoms with Crippen molar-refractivity contribution >= 4 is 11.8 Å². The van der Waals surface area contributed by atoms with Gasteiger partial charge in [0.25, 0.3) is 0 Å². The molecule has 0 radical (unpaired) electrons. The van der Waals surface area contributed by atoms with E-state index < -0.39 is 0 Å². The first-order valence-electron chi connectivity index (χ1n) is 7.80. The third kappa shape index (κ3) is 3.00. The van der Waals surface area contributed by atoms with Gasteiger partial charge in [0.1, 0.15) is 0 Å². The van der Waals surface area contributed by atoms with Crippen molar-refractivity contribution in [2.24, 2.45) is 17.6 Å². The van der Waals surface area contributed by atoms with Crippen molar-refractivity contribution in [2.75, 3.05) is 12.3 Å². The minimum Gasteiger partial charge on any atom is -0.330 e. The maximum absolute atomic E-state index is 6.03. The Kier molecular flexibility index (Phi) is 4.49. The Morgan fingerprint density at radius 3 is 2.68 bits per heavy atom. The Hall–Kier alpha value is -0.470. The number of nitrogens with two attached hydrogens (primary N) is 1. The van der Waals surface area contributed by atoms with Crippen molar-refractivity contribution in [1.82, 2.24) is 0 Å². The number of benzene rings is 1. The molecule has 3 unspecified atom stereocenters. The van der Waals surface area contributed by atoms with Gasteiger partial charge >= 0.3 is 0 Å². The fourth-order valence-corrected chi connectivity index (χ4v) is 5.14. The average Bonchev–Trinajstić information content (AvgIpc) is 2.71. The smallest absolute Gasteiger partial charge is 0.0107 e. The van der Waals surface area contributed by atoms with E-state index in [4.69, 9.17) is 5.73 Å². The second kappa shape index (κ2) is 6.32. The lowest BCUT2D eigenvalue weighted by Gasteiger charge is -2.26. The zero-order valence-corrected chi connectivity index (χ0v) is 12.5. The normalized spacial score (nSPS) is 30.9. The second-order valence-corrected chi connectivity index (χ2v) is 7.24. The van der Waals surface area contributed by atoms with Crippen LogP contribution < -0.4 is 5.73 Å². The Morgan fingerprint density at radius 1 is 1.05 bits per heavy atom. The van der Waals surface area contributed by atoms with Gasteiger partial charge in [-0.3, -0.25) is 0 Å². The van der Waals surface area contributed by atoms with Crippen molar-refractivity contribution in [3.8, 4) is 0 Å². The number of rotatable bonds is 3. The predicted octanol–water partition coefficient (Wildman–Crippen LogP) is 4.42. The summed E-state index contributed by atoms with van der Waals surface area (Å²) < 4.78 is 0. The third-order valence-electron chi connectivity index (χ3n) is 5.01. The maximum atomic E-state index is 6.03. The van der Waals surface area contributed by atoms with Gasteiger partial charge in [0.2, 0.25) is 0 Å². The quantitative estimate of drug-likeness (QED) is 0.826. The van der Waals surface area contributed by atoms with Crippen LogP contribution in [0.4, 0.5) is 0 Å². The van der Waals surface area contributed by atoms with Gasteiger partial charge in [-0.2, -0.15) is 0 Å². The molecular formula is C17H25NS. The summed E-state index contributed by atoms with van der Waals surface area (Å²) in [5, 5.41) is 0. The van der Waals surface area contributed by atoms with Crippen LogP contribution >= 0.6 is 11.8 Å². The standard InChI is InChI=1S/C17H25NS/c18-11-14-7-3-1-2-6-13(14)10-15-12-19-17-9-5-4-8-16(15)17/h4-5,8-9,13-15H,1-3,6-7,10-12,18H2. The van der Waals surface area contributed by atoms with Gasteiger partial charge in [0.05, 0.1) is 0 Å². The number of fused-ring (bicyclic) bond motifs is 1. The number of hydrogen-bond acceptors (Lipinski definition) is 2. The van der Waals surface area contributed by atoms with E-state index >= 15 is 0 Å². The van der Waals surface area contributed by atoms with Gasteiger partial charge < -0.3 is 5.73 Å². The average molecular weight is 275 g/mol. The molecule has 0 amide bonds. The minimum atomic E-state index is 0.776. The Bertz CT molecular complexity index is 417. The number of thioether (sulfide) groups is 1. The highest BCUT2D eigenvalue weighted by Crippen LogP contribution is 2.45. The van der Waals surface area contributed by atoms with Gasteiger partial charge in [-0.05, 0) is 48.8 Å². The van der Waals surface area contributed by atoms with Gasteiger partial charge in [-0.1, -0.05) is 43.9 Å². The van der Waals surface area contributed by atoms with Crippen LogP contribution in [0.25, 0.3) is 0 Å². The number of hydrogen-bond donors (Lipinski definition) is 1. The molecule has 0 aromatic heterocycles. The fourth-order valence-electron chi connectivity index (χ4n) is 3.87. The zero-order chi connectivity index (χ0) is 13.1. The maximum Gasteiger partial charge on any atom is 0.0107 e. The van der Waals surface area contributed by atoms with Crippen LogP contribution in [0.3, 0.4) is 0 Å². The molecule has 0 saturated heterocycles. The molecule has 2 heteroatoms. The molecule has 1 fully saturated rings. The van der Waals surface area contributed by atoms with Crippen molar-refractivity contribution in [3.05, 3.63) is 29.8 Å². The first kappa shape index (κ1) is 13.5. The Morgan fingerprint density at radius 2 is 1.84 bits per heavy atom. The summed E-state index contributed by atoms with van der Waals surface area (Å²) in [6.07, 6.45) is 8.37. The van der Waals surface area contributed by atoms with Crippen LogP contribution in [-0.2, 0) is 0 Å². The molecule has 1 aliphatic carbocycles. The molecule has 3 atom stereocenters. The molecule has 1 aromatic rings. The van der Waals surface area contributed by atoms with E-state index in [1.165, 1.54) is 49.2 Å². The Labute approximate surface area is 121 Å². The van der Waals surface area contributed by atoms with Crippen molar-refractivity contribution < 1.29 is 0 Å². The van der Waals surface area contributed by atoms with E-state index in [1.54, 1.807) is 5.56 Å². The molecule has 1 heterocycles. The molecule has 1 aliphatic heterocycles. The van der Waals surface area contributed by atoms with Crippen LogP contribution in [0.2, 0.25) is 0 Å². The molecule has 1 saturated carbocycles. The highest BCUT2D eigenvalue weighted by Gasteiger charge is 2.29. The third-order valence-corrected chi connectivity index (χ3v) is 6.26. The van der Waals surface area contributed by atoms with E-state index in [-0.39, 0.29) is 0 Å². The van der Waals surface area contributed by atoms with E-state index in [9.17, 15) is 0 Å². The molecule has 1 aromatic carbocycles. The van der Waals surface area contributed by atoms with Crippen molar-refractivity contribution in [2.45, 2.75) is 49.3 Å². The zero-order valence-electron chi connectivity index (χ0n) is 11.7. The van der Waals surface area contributed by atoms with E-state index in [0.29, 0.717) is 0 Å². The van der Waals surface area contributed by atoms with Gasteiger partial charge in [-0.25, -0.2) is 0 Å². The summed E-state index contributed by atoms with van der Waals surface area (Å²) in [5.41, 5.74) is 7.63. The van der Waals surface area contributed by atoms with E-state index in [0.717, 1.165) is 24.3 Å². The summed E-state index contributed by atoms with van der Waals surface area (Å²) in [6, 6.07) is 9.00. The fraction of sp³-hybridized carbons (Fsp3) is 0.647. The minimum absolute atomic E-state index is 0.776. The highest BCUT2D eigenvalue weighted by atomic mass is 32.2. The van der Waals surface area contributed by atoms with Crippen molar-refractivity contribution in [1.29, 1.82) is 0 Å². The summed E-state index contributed by atoms with van der Waals surface area (Å²) in [7, 11) is 0. The molecule has 2 aliphatic rings. The molecule has 1 nitrogen and oxygen atoms in total. The molecule has 2 N–H and O–H groups in total. The predicted molar refractivity (Wildman–Crippen MR) is 83.6 cm³/mol. The largest absolute Gasteiger partial charge is 0.330 e. The highest BCUT2D eigenvalue weighted by molar-refractivity contribution is 7.99. The van der Waals surface area contributed by atoms with Crippen LogP contribution in [0.5, 0.6) is 0 Å². The summed E-state index contributed by atoms with van der Waals surface area (Å²) >= 11 is 2.05. The van der Waals surface area contributed by atoms with E-state index in [2.05, 4.69) is 24.3 Å². The molecular weight excluding hydrogens is 250 g/mol. The second-order valence-electron chi connectivity index (χ2n) is 6.18. The molecule has 0 spiro atoms. The van der Waals surface area contributed by atoms with Crippen LogP contribution in [0.1, 0.15) is 50.0 Å². The van der Waals surface area contributed by atoms with Gasteiger partial charge in [-0.15, -0.1) is 11.8 Å².